The largest absolute Gasteiger partial charge is 1.00 e. The summed E-state index contributed by atoms with van der Waals surface area (Å²) in [7, 11) is 0. The van der Waals surface area contributed by atoms with Crippen LogP contribution in [0.5, 0.6) is 0 Å². The SMILES string of the molecule is O=C(CCC(=O)NO)NO.[K+]. The van der Waals surface area contributed by atoms with Crippen molar-refractivity contribution in [1.29, 1.82) is 0 Å². The van der Waals surface area contributed by atoms with Gasteiger partial charge in [0.1, 0.15) is 0 Å². The molecule has 0 fully saturated rings. The average molecular weight is 187 g/mol. The normalized spacial score (nSPS) is 7.82. The second-order valence-corrected chi connectivity index (χ2v) is 1.57. The predicted octanol–water partition coefficient (Wildman–Crippen LogP) is -4.22. The standard InChI is InChI=1S/C4H8N2O4.K/c7-3(5-9)1-2-4(8)6-10;/h9-10H,1-2H2,(H,5,7)(H,6,8);/q;+1. The van der Waals surface area contributed by atoms with E-state index in [4.69, 9.17) is 10.4 Å². The van der Waals surface area contributed by atoms with Gasteiger partial charge in [0.2, 0.25) is 11.8 Å². The van der Waals surface area contributed by atoms with E-state index in [1.54, 1.807) is 0 Å². The minimum absolute atomic E-state index is 0. The molecule has 0 aliphatic heterocycles. The van der Waals surface area contributed by atoms with E-state index in [0.717, 1.165) is 0 Å². The maximum atomic E-state index is 10.2. The first-order chi connectivity index (χ1) is 4.70. The summed E-state index contributed by atoms with van der Waals surface area (Å²) in [6, 6.07) is 0. The third-order valence-electron chi connectivity index (χ3n) is 0.829. The molecular weight excluding hydrogens is 179 g/mol. The predicted molar refractivity (Wildman–Crippen MR) is 29.1 cm³/mol. The van der Waals surface area contributed by atoms with Crippen molar-refractivity contribution in [2.75, 3.05) is 0 Å². The minimum Gasteiger partial charge on any atom is -0.289 e. The molecule has 0 rings (SSSR count). The van der Waals surface area contributed by atoms with Crippen LogP contribution in [0.4, 0.5) is 0 Å². The maximum absolute atomic E-state index is 10.2. The van der Waals surface area contributed by atoms with Gasteiger partial charge in [-0.05, 0) is 0 Å². The molecule has 58 valence electrons. The summed E-state index contributed by atoms with van der Waals surface area (Å²) in [5, 5.41) is 15.9. The molecule has 6 nitrogen and oxygen atoms in total. The maximum Gasteiger partial charge on any atom is 1.00 e. The van der Waals surface area contributed by atoms with Crippen molar-refractivity contribution in [3.05, 3.63) is 0 Å². The molecule has 0 heterocycles. The van der Waals surface area contributed by atoms with Gasteiger partial charge in [-0.15, -0.1) is 0 Å². The Bertz CT molecular complexity index is 124. The van der Waals surface area contributed by atoms with Crippen molar-refractivity contribution in [3.63, 3.8) is 0 Å². The van der Waals surface area contributed by atoms with E-state index < -0.39 is 11.8 Å². The van der Waals surface area contributed by atoms with Crippen LogP contribution in [0, 0.1) is 0 Å². The molecule has 4 N–H and O–H groups in total. The van der Waals surface area contributed by atoms with Crippen molar-refractivity contribution in [2.24, 2.45) is 0 Å². The Morgan fingerprint density at radius 1 is 1.00 bits per heavy atom. The second-order valence-electron chi connectivity index (χ2n) is 1.57. The van der Waals surface area contributed by atoms with Crippen molar-refractivity contribution in [3.8, 4) is 0 Å². The molecule has 0 atom stereocenters. The van der Waals surface area contributed by atoms with E-state index in [-0.39, 0.29) is 64.2 Å². The first kappa shape index (κ1) is 14.0. The zero-order valence-electron chi connectivity index (χ0n) is 6.13. The number of carbonyl (C=O) groups excluding carboxylic acids is 2. The third-order valence-corrected chi connectivity index (χ3v) is 0.829. The Morgan fingerprint density at radius 2 is 1.27 bits per heavy atom. The quantitative estimate of drug-likeness (QED) is 0.204. The second kappa shape index (κ2) is 8.59. The molecule has 0 aliphatic carbocycles. The molecule has 0 aromatic rings. The fourth-order valence-corrected chi connectivity index (χ4v) is 0.339. The van der Waals surface area contributed by atoms with Gasteiger partial charge < -0.3 is 0 Å². The van der Waals surface area contributed by atoms with Gasteiger partial charge in [0.15, 0.2) is 0 Å². The van der Waals surface area contributed by atoms with E-state index in [1.165, 1.54) is 11.0 Å². The van der Waals surface area contributed by atoms with E-state index in [1.807, 2.05) is 0 Å². The van der Waals surface area contributed by atoms with Gasteiger partial charge in [-0.1, -0.05) is 0 Å². The number of amides is 2. The van der Waals surface area contributed by atoms with Crippen molar-refractivity contribution < 1.29 is 71.4 Å². The van der Waals surface area contributed by atoms with Crippen molar-refractivity contribution in [2.45, 2.75) is 12.8 Å². The van der Waals surface area contributed by atoms with E-state index >= 15 is 0 Å². The van der Waals surface area contributed by atoms with Crippen LogP contribution in [0.25, 0.3) is 0 Å². The summed E-state index contributed by atoms with van der Waals surface area (Å²) in [6.45, 7) is 0. The summed E-state index contributed by atoms with van der Waals surface area (Å²) < 4.78 is 0. The van der Waals surface area contributed by atoms with Crippen LogP contribution < -0.4 is 62.3 Å². The summed E-state index contributed by atoms with van der Waals surface area (Å²) in [5.74, 6) is -1.33. The number of hydrogen-bond donors (Lipinski definition) is 4. The topological polar surface area (TPSA) is 98.7 Å². The van der Waals surface area contributed by atoms with E-state index in [2.05, 4.69) is 0 Å². The molecule has 0 spiro atoms. The number of hydroxylamine groups is 2. The molecule has 0 saturated carbocycles. The van der Waals surface area contributed by atoms with Crippen LogP contribution in [-0.2, 0) is 9.59 Å². The Balaban J connectivity index is 0. The van der Waals surface area contributed by atoms with E-state index in [0.29, 0.717) is 0 Å². The van der Waals surface area contributed by atoms with Gasteiger partial charge in [0, 0.05) is 12.8 Å². The Hall–Kier alpha value is 0.496. The van der Waals surface area contributed by atoms with Crippen LogP contribution in [0.2, 0.25) is 0 Å². The van der Waals surface area contributed by atoms with Gasteiger partial charge in [0.25, 0.3) is 0 Å². The number of carbonyl (C=O) groups is 2. The van der Waals surface area contributed by atoms with Crippen molar-refractivity contribution >= 4 is 11.8 Å². The molecule has 0 aromatic carbocycles. The van der Waals surface area contributed by atoms with Gasteiger partial charge in [-0.2, -0.15) is 0 Å². The van der Waals surface area contributed by atoms with Crippen LogP contribution >= 0.6 is 0 Å². The molecule has 0 saturated heterocycles. The Labute approximate surface area is 106 Å². The smallest absolute Gasteiger partial charge is 0.289 e. The number of rotatable bonds is 3. The Kier molecular flexibility index (Phi) is 11.0. The van der Waals surface area contributed by atoms with Gasteiger partial charge in [0.05, 0.1) is 0 Å². The first-order valence-electron chi connectivity index (χ1n) is 2.56. The fourth-order valence-electron chi connectivity index (χ4n) is 0.339. The summed E-state index contributed by atoms with van der Waals surface area (Å²) in [4.78, 5) is 20.4. The number of nitrogens with one attached hydrogen (secondary N) is 2. The van der Waals surface area contributed by atoms with Gasteiger partial charge >= 0.3 is 51.4 Å². The fraction of sp³-hybridized carbons (Fsp3) is 0.500. The molecule has 0 bridgehead atoms. The molecule has 0 aromatic heterocycles. The molecule has 0 radical (unpaired) electrons. The monoisotopic (exact) mass is 187 g/mol. The number of hydrogen-bond acceptors (Lipinski definition) is 4. The van der Waals surface area contributed by atoms with Crippen LogP contribution in [0.1, 0.15) is 12.8 Å². The zero-order valence-corrected chi connectivity index (χ0v) is 9.25. The summed E-state index contributed by atoms with van der Waals surface area (Å²) in [6.07, 6.45) is -0.300. The molecule has 7 heteroatoms. The van der Waals surface area contributed by atoms with Crippen LogP contribution in [0.15, 0.2) is 0 Å². The summed E-state index contributed by atoms with van der Waals surface area (Å²) >= 11 is 0. The minimum atomic E-state index is -0.663. The first-order valence-corrected chi connectivity index (χ1v) is 2.56. The van der Waals surface area contributed by atoms with Gasteiger partial charge in [-0.25, -0.2) is 11.0 Å². The van der Waals surface area contributed by atoms with Crippen LogP contribution in [-0.4, -0.2) is 22.2 Å². The average Bonchev–Trinajstić information content (AvgIpc) is 1.99. The molecule has 11 heavy (non-hydrogen) atoms. The zero-order chi connectivity index (χ0) is 7.98. The summed E-state index contributed by atoms with van der Waals surface area (Å²) in [5.41, 5.74) is 2.69. The van der Waals surface area contributed by atoms with Gasteiger partial charge in [-0.3, -0.25) is 20.0 Å². The Morgan fingerprint density at radius 3 is 1.45 bits per heavy atom. The van der Waals surface area contributed by atoms with Crippen molar-refractivity contribution in [1.82, 2.24) is 11.0 Å². The van der Waals surface area contributed by atoms with Crippen LogP contribution in [0.3, 0.4) is 0 Å². The molecule has 0 aliphatic rings. The van der Waals surface area contributed by atoms with E-state index in [9.17, 15) is 9.59 Å². The molecule has 2 amide bonds. The third kappa shape index (κ3) is 8.40. The molecular formula is C4H8KN2O4+. The molecule has 0 unspecified atom stereocenters.